The van der Waals surface area contributed by atoms with E-state index in [1.165, 1.54) is 25.7 Å². The quantitative estimate of drug-likeness (QED) is 0.581. The Balaban J connectivity index is 1.15. The maximum absolute atomic E-state index is 11.9. The number of rotatable bonds is 8. The van der Waals surface area contributed by atoms with Crippen LogP contribution in [0.2, 0.25) is 0 Å². The third kappa shape index (κ3) is 4.69. The van der Waals surface area contributed by atoms with Crippen LogP contribution < -0.4 is 10.3 Å². The van der Waals surface area contributed by atoms with Crippen molar-refractivity contribution in [2.75, 3.05) is 19.7 Å². The average Bonchev–Trinajstić information content (AvgIpc) is 3.52. The minimum Gasteiger partial charge on any atom is -0.493 e. The lowest BCUT2D eigenvalue weighted by molar-refractivity contribution is 0.171. The average molecular weight is 422 g/mol. The van der Waals surface area contributed by atoms with Gasteiger partial charge in [-0.1, -0.05) is 11.2 Å². The molecule has 1 saturated carbocycles. The molecule has 0 amide bonds. The number of fused-ring (bicyclic) bond motifs is 1. The normalized spacial score (nSPS) is 18.0. The predicted molar refractivity (Wildman–Crippen MR) is 120 cm³/mol. The molecule has 0 spiro atoms. The molecule has 6 nitrogen and oxygen atoms in total. The summed E-state index contributed by atoms with van der Waals surface area (Å²) in [5, 5.41) is 5.51. The number of aryl methyl sites for hydroxylation is 2. The van der Waals surface area contributed by atoms with E-state index in [1.54, 1.807) is 6.20 Å². The number of aromatic nitrogens is 2. The molecule has 2 fully saturated rings. The Labute approximate surface area is 182 Å². The smallest absolute Gasteiger partial charge is 0.252 e. The lowest BCUT2D eigenvalue weighted by Crippen LogP contribution is -2.35. The van der Waals surface area contributed by atoms with E-state index in [1.807, 2.05) is 12.1 Å². The van der Waals surface area contributed by atoms with Crippen molar-refractivity contribution in [3.63, 3.8) is 0 Å². The molecule has 1 aliphatic carbocycles. The van der Waals surface area contributed by atoms with E-state index in [2.05, 4.69) is 34.1 Å². The minimum atomic E-state index is 0.0268. The Bertz CT molecular complexity index is 1090. The maximum Gasteiger partial charge on any atom is 0.252 e. The lowest BCUT2D eigenvalue weighted by atomic mass is 9.91. The Morgan fingerprint density at radius 3 is 2.77 bits per heavy atom. The molecular weight excluding hydrogens is 390 g/mol. The molecule has 3 heterocycles. The third-order valence-electron chi connectivity index (χ3n) is 6.88. The van der Waals surface area contributed by atoms with Crippen LogP contribution in [0, 0.1) is 18.8 Å². The van der Waals surface area contributed by atoms with Gasteiger partial charge >= 0.3 is 0 Å². The summed E-state index contributed by atoms with van der Waals surface area (Å²) in [5.74, 6) is 2.35. The largest absolute Gasteiger partial charge is 0.493 e. The molecule has 0 bridgehead atoms. The molecular formula is C25H31N3O3. The maximum atomic E-state index is 11.9. The number of ether oxygens (including phenoxy) is 1. The van der Waals surface area contributed by atoms with Crippen molar-refractivity contribution in [1.82, 2.24) is 15.0 Å². The van der Waals surface area contributed by atoms with Gasteiger partial charge in [0.1, 0.15) is 5.75 Å². The number of nitrogens with one attached hydrogen (secondary N) is 1. The van der Waals surface area contributed by atoms with Crippen molar-refractivity contribution < 1.29 is 9.26 Å². The van der Waals surface area contributed by atoms with Gasteiger partial charge in [-0.2, -0.15) is 0 Å². The predicted octanol–water partition coefficient (Wildman–Crippen LogP) is 4.46. The van der Waals surface area contributed by atoms with Gasteiger partial charge in [-0.25, -0.2) is 0 Å². The second-order valence-corrected chi connectivity index (χ2v) is 9.23. The number of aromatic amines is 1. The van der Waals surface area contributed by atoms with Crippen molar-refractivity contribution in [1.29, 1.82) is 0 Å². The van der Waals surface area contributed by atoms with Crippen LogP contribution in [0.4, 0.5) is 0 Å². The molecule has 164 valence electrons. The molecule has 1 N–H and O–H groups in total. The first-order valence-corrected chi connectivity index (χ1v) is 11.6. The fraction of sp³-hybridized carbons (Fsp3) is 0.520. The first kappa shape index (κ1) is 20.3. The molecule has 0 unspecified atom stereocenters. The molecule has 5 rings (SSSR count). The Morgan fingerprint density at radius 1 is 1.16 bits per heavy atom. The van der Waals surface area contributed by atoms with Gasteiger partial charge in [0.05, 0.1) is 12.3 Å². The van der Waals surface area contributed by atoms with Crippen molar-refractivity contribution in [2.45, 2.75) is 52.0 Å². The number of pyridine rings is 1. The van der Waals surface area contributed by atoms with Crippen LogP contribution in [0.5, 0.6) is 5.75 Å². The van der Waals surface area contributed by atoms with E-state index in [-0.39, 0.29) is 5.56 Å². The molecule has 6 heteroatoms. The summed E-state index contributed by atoms with van der Waals surface area (Å²) in [5.41, 5.74) is 3.86. The summed E-state index contributed by atoms with van der Waals surface area (Å²) >= 11 is 0. The second kappa shape index (κ2) is 8.87. The summed E-state index contributed by atoms with van der Waals surface area (Å²) < 4.78 is 11.7. The number of likely N-dealkylation sites (tertiary alicyclic amines) is 1. The molecule has 3 aromatic rings. The Hall–Kier alpha value is -2.60. The fourth-order valence-corrected chi connectivity index (χ4v) is 4.59. The minimum absolute atomic E-state index is 0.0268. The van der Waals surface area contributed by atoms with Crippen LogP contribution in [0.1, 0.15) is 48.9 Å². The van der Waals surface area contributed by atoms with Crippen molar-refractivity contribution >= 4 is 11.0 Å². The molecule has 0 atom stereocenters. The van der Waals surface area contributed by atoms with Crippen LogP contribution in [-0.4, -0.2) is 34.7 Å². The first-order valence-electron chi connectivity index (χ1n) is 11.6. The summed E-state index contributed by atoms with van der Waals surface area (Å²) in [6, 6.07) is 8.00. The van der Waals surface area contributed by atoms with E-state index in [9.17, 15) is 4.79 Å². The highest BCUT2D eigenvalue weighted by Gasteiger charge is 2.24. The molecule has 1 aromatic carbocycles. The van der Waals surface area contributed by atoms with Crippen LogP contribution in [0.15, 0.2) is 39.8 Å². The number of H-pyrrole nitrogens is 1. The number of piperidine rings is 1. The number of nitrogens with zero attached hydrogens (tertiary/aromatic N) is 2. The van der Waals surface area contributed by atoms with Gasteiger partial charge in [0.25, 0.3) is 5.56 Å². The molecule has 2 aliphatic rings. The highest BCUT2D eigenvalue weighted by molar-refractivity contribution is 5.84. The molecule has 31 heavy (non-hydrogen) atoms. The molecule has 2 aromatic heterocycles. The van der Waals surface area contributed by atoms with Crippen LogP contribution in [0.25, 0.3) is 11.0 Å². The van der Waals surface area contributed by atoms with E-state index < -0.39 is 0 Å². The zero-order valence-electron chi connectivity index (χ0n) is 18.2. The first-order chi connectivity index (χ1) is 15.2. The van der Waals surface area contributed by atoms with Gasteiger partial charge in [0, 0.05) is 29.3 Å². The summed E-state index contributed by atoms with van der Waals surface area (Å²) in [6.07, 6.45) is 8.67. The summed E-state index contributed by atoms with van der Waals surface area (Å²) in [7, 11) is 0. The SMILES string of the molecule is Cc1c(OCC2CC2)ccc2c(CCC3CCN(Cc4ccc[nH]c4=O)CC3)noc12. The zero-order chi connectivity index (χ0) is 21.2. The summed E-state index contributed by atoms with van der Waals surface area (Å²) in [4.78, 5) is 17.1. The standard InChI is InChI=1S/C25H31N3O3/c1-17-23(30-16-19-4-5-19)9-7-21-22(27-31-24(17)21)8-6-18-10-13-28(14-11-18)15-20-3-2-12-26-25(20)29/h2-3,7,9,12,18-19H,4-6,8,10-11,13-16H2,1H3,(H,26,29). The monoisotopic (exact) mass is 421 g/mol. The molecule has 1 saturated heterocycles. The fourth-order valence-electron chi connectivity index (χ4n) is 4.59. The third-order valence-corrected chi connectivity index (χ3v) is 6.88. The van der Waals surface area contributed by atoms with E-state index in [4.69, 9.17) is 9.26 Å². The van der Waals surface area contributed by atoms with Gasteiger partial charge in [-0.15, -0.1) is 0 Å². The number of hydrogen-bond acceptors (Lipinski definition) is 5. The zero-order valence-corrected chi connectivity index (χ0v) is 18.2. The highest BCUT2D eigenvalue weighted by Crippen LogP contribution is 2.34. The van der Waals surface area contributed by atoms with Crippen LogP contribution in [-0.2, 0) is 13.0 Å². The van der Waals surface area contributed by atoms with Gasteiger partial charge in [-0.3, -0.25) is 9.69 Å². The van der Waals surface area contributed by atoms with Crippen LogP contribution >= 0.6 is 0 Å². The van der Waals surface area contributed by atoms with Gasteiger partial charge < -0.3 is 14.2 Å². The molecule has 0 radical (unpaired) electrons. The second-order valence-electron chi connectivity index (χ2n) is 9.23. The van der Waals surface area contributed by atoms with Gasteiger partial charge in [0.15, 0.2) is 5.58 Å². The van der Waals surface area contributed by atoms with Gasteiger partial charge in [0.2, 0.25) is 0 Å². The number of hydrogen-bond donors (Lipinski definition) is 1. The van der Waals surface area contributed by atoms with E-state index >= 15 is 0 Å². The Morgan fingerprint density at radius 2 is 2.00 bits per heavy atom. The lowest BCUT2D eigenvalue weighted by Gasteiger charge is -2.31. The highest BCUT2D eigenvalue weighted by atomic mass is 16.5. The van der Waals surface area contributed by atoms with Gasteiger partial charge in [-0.05, 0) is 88.6 Å². The van der Waals surface area contributed by atoms with E-state index in [0.717, 1.165) is 78.5 Å². The van der Waals surface area contributed by atoms with Crippen molar-refractivity contribution in [3.05, 3.63) is 57.6 Å². The topological polar surface area (TPSA) is 71.4 Å². The molecule has 1 aliphatic heterocycles. The Kier molecular flexibility index (Phi) is 5.81. The van der Waals surface area contributed by atoms with Crippen molar-refractivity contribution in [2.24, 2.45) is 11.8 Å². The number of benzene rings is 1. The summed E-state index contributed by atoms with van der Waals surface area (Å²) in [6.45, 7) is 5.69. The van der Waals surface area contributed by atoms with E-state index in [0.29, 0.717) is 5.92 Å². The van der Waals surface area contributed by atoms with Crippen LogP contribution in [0.3, 0.4) is 0 Å². The van der Waals surface area contributed by atoms with Crippen molar-refractivity contribution in [3.8, 4) is 5.75 Å².